The van der Waals surface area contributed by atoms with Gasteiger partial charge in [-0.05, 0) is 63.5 Å². The lowest BCUT2D eigenvalue weighted by Gasteiger charge is -2.32. The van der Waals surface area contributed by atoms with Crippen molar-refractivity contribution in [3.05, 3.63) is 28.9 Å². The maximum Gasteiger partial charge on any atom is 0.328 e. The summed E-state index contributed by atoms with van der Waals surface area (Å²) in [6, 6.07) is 3.43. The minimum absolute atomic E-state index is 0.127. The van der Waals surface area contributed by atoms with Crippen LogP contribution < -0.4 is 15.4 Å². The standard InChI is InChI=1S/C30H39ClN4O6/c1-29(2)14-18(25(36)34-29)12-22(28(39)41-4)33-26(37)23-15-30(8-6-5-7-9-30)16-35(23)27(38)21-11-17-10-19(40-3)13-20(31)24(17)32-21/h10-11,13,18,22-23,32H,5-9,12,14-16H2,1-4H3,(H,33,37)(H,34,36)/t18-,22+,23+/m1/s1. The molecule has 0 bridgehead atoms. The molecular weight excluding hydrogens is 548 g/mol. The molecule has 3 fully saturated rings. The van der Waals surface area contributed by atoms with E-state index in [1.54, 1.807) is 30.2 Å². The number of carbonyl (C=O) groups excluding carboxylic acids is 4. The number of aromatic nitrogens is 1. The van der Waals surface area contributed by atoms with Gasteiger partial charge in [0.15, 0.2) is 0 Å². The molecule has 5 rings (SSSR count). The molecular formula is C30H39ClN4O6. The largest absolute Gasteiger partial charge is 0.497 e. The van der Waals surface area contributed by atoms with Crippen molar-refractivity contribution in [2.45, 2.75) is 82.8 Å². The third-order valence-corrected chi connectivity index (χ3v) is 9.32. The number of halogens is 1. The van der Waals surface area contributed by atoms with Crippen LogP contribution >= 0.6 is 11.6 Å². The maximum absolute atomic E-state index is 14.0. The van der Waals surface area contributed by atoms with E-state index in [0.717, 1.165) is 37.5 Å². The summed E-state index contributed by atoms with van der Waals surface area (Å²) in [5.41, 5.74) is 0.405. The van der Waals surface area contributed by atoms with Crippen LogP contribution in [0, 0.1) is 11.3 Å². The van der Waals surface area contributed by atoms with E-state index < -0.39 is 29.9 Å². The normalized spacial score (nSPS) is 23.8. The first kappa shape index (κ1) is 29.2. The topological polar surface area (TPSA) is 130 Å². The van der Waals surface area contributed by atoms with Crippen molar-refractivity contribution >= 4 is 46.2 Å². The number of H-pyrrole nitrogens is 1. The van der Waals surface area contributed by atoms with Crippen molar-refractivity contribution in [2.24, 2.45) is 11.3 Å². The van der Waals surface area contributed by atoms with Crippen molar-refractivity contribution in [2.75, 3.05) is 20.8 Å². The number of benzene rings is 1. The number of amides is 3. The van der Waals surface area contributed by atoms with Crippen LogP contribution in [0.2, 0.25) is 5.02 Å². The number of rotatable bonds is 7. The number of esters is 1. The summed E-state index contributed by atoms with van der Waals surface area (Å²) >= 11 is 6.44. The second-order valence-corrected chi connectivity index (χ2v) is 13.0. The van der Waals surface area contributed by atoms with Crippen LogP contribution in [0.4, 0.5) is 0 Å². The first-order valence-electron chi connectivity index (χ1n) is 14.3. The Morgan fingerprint density at radius 3 is 2.49 bits per heavy atom. The van der Waals surface area contributed by atoms with Crippen LogP contribution in [-0.4, -0.2) is 72.0 Å². The van der Waals surface area contributed by atoms with Gasteiger partial charge in [-0.1, -0.05) is 30.9 Å². The Morgan fingerprint density at radius 1 is 1.12 bits per heavy atom. The van der Waals surface area contributed by atoms with Crippen molar-refractivity contribution < 1.29 is 28.7 Å². The molecule has 3 amide bonds. The minimum Gasteiger partial charge on any atom is -0.497 e. The fourth-order valence-electron chi connectivity index (χ4n) is 7.02. The first-order chi connectivity index (χ1) is 19.4. The van der Waals surface area contributed by atoms with Gasteiger partial charge in [0.2, 0.25) is 11.8 Å². The molecule has 0 unspecified atom stereocenters. The van der Waals surface area contributed by atoms with Gasteiger partial charge in [0.05, 0.1) is 24.8 Å². The molecule has 1 spiro atoms. The molecule has 3 atom stereocenters. The van der Waals surface area contributed by atoms with Gasteiger partial charge >= 0.3 is 5.97 Å². The fourth-order valence-corrected chi connectivity index (χ4v) is 7.29. The molecule has 41 heavy (non-hydrogen) atoms. The highest BCUT2D eigenvalue weighted by atomic mass is 35.5. The summed E-state index contributed by atoms with van der Waals surface area (Å²) in [5.74, 6) is -1.33. The lowest BCUT2D eigenvalue weighted by Crippen LogP contribution is -2.51. The zero-order chi connectivity index (χ0) is 29.5. The van der Waals surface area contributed by atoms with Crippen LogP contribution in [-0.2, 0) is 19.1 Å². The highest BCUT2D eigenvalue weighted by Gasteiger charge is 2.50. The molecule has 1 saturated carbocycles. The van der Waals surface area contributed by atoms with Gasteiger partial charge < -0.3 is 30.0 Å². The minimum atomic E-state index is -1.00. The van der Waals surface area contributed by atoms with Crippen LogP contribution in [0.25, 0.3) is 10.9 Å². The van der Waals surface area contributed by atoms with Gasteiger partial charge in [-0.25, -0.2) is 4.79 Å². The highest BCUT2D eigenvalue weighted by molar-refractivity contribution is 6.35. The molecule has 1 aromatic carbocycles. The van der Waals surface area contributed by atoms with E-state index in [2.05, 4.69) is 15.6 Å². The van der Waals surface area contributed by atoms with Crippen molar-refractivity contribution in [3.63, 3.8) is 0 Å². The summed E-state index contributed by atoms with van der Waals surface area (Å²) in [6.45, 7) is 4.31. The number of nitrogens with one attached hydrogen (secondary N) is 3. The number of likely N-dealkylation sites (tertiary alicyclic amines) is 1. The number of hydrogen-bond acceptors (Lipinski definition) is 6. The second kappa shape index (κ2) is 11.2. The molecule has 2 saturated heterocycles. The van der Waals surface area contributed by atoms with Crippen LogP contribution in [0.15, 0.2) is 18.2 Å². The van der Waals surface area contributed by atoms with E-state index >= 15 is 0 Å². The van der Waals surface area contributed by atoms with Gasteiger partial charge in [0.25, 0.3) is 5.91 Å². The molecule has 2 aliphatic heterocycles. The first-order valence-corrected chi connectivity index (χ1v) is 14.7. The highest BCUT2D eigenvalue weighted by Crippen LogP contribution is 2.47. The van der Waals surface area contributed by atoms with E-state index in [4.69, 9.17) is 21.1 Å². The Bertz CT molecular complexity index is 1360. The molecule has 1 aromatic heterocycles. The fraction of sp³-hybridized carbons (Fsp3) is 0.600. The predicted molar refractivity (Wildman–Crippen MR) is 154 cm³/mol. The Hall–Kier alpha value is -3.27. The Labute approximate surface area is 244 Å². The monoisotopic (exact) mass is 586 g/mol. The molecule has 2 aromatic rings. The number of nitrogens with zero attached hydrogens (tertiary/aromatic N) is 1. The summed E-state index contributed by atoms with van der Waals surface area (Å²) in [4.78, 5) is 58.0. The predicted octanol–water partition coefficient (Wildman–Crippen LogP) is 3.96. The number of fused-ring (bicyclic) bond motifs is 1. The summed E-state index contributed by atoms with van der Waals surface area (Å²) in [5, 5.41) is 6.95. The van der Waals surface area contributed by atoms with Gasteiger partial charge in [-0.15, -0.1) is 0 Å². The molecule has 222 valence electrons. The van der Waals surface area contributed by atoms with E-state index in [1.165, 1.54) is 7.11 Å². The zero-order valence-electron chi connectivity index (χ0n) is 24.1. The van der Waals surface area contributed by atoms with Gasteiger partial charge in [-0.2, -0.15) is 0 Å². The summed E-state index contributed by atoms with van der Waals surface area (Å²) in [7, 11) is 2.81. The number of aromatic amines is 1. The van der Waals surface area contributed by atoms with Gasteiger partial charge in [-0.3, -0.25) is 14.4 Å². The zero-order valence-corrected chi connectivity index (χ0v) is 24.9. The van der Waals surface area contributed by atoms with E-state index in [1.807, 2.05) is 13.8 Å². The summed E-state index contributed by atoms with van der Waals surface area (Å²) in [6.07, 6.45) is 6.30. The van der Waals surface area contributed by atoms with Crippen molar-refractivity contribution in [1.29, 1.82) is 0 Å². The van der Waals surface area contributed by atoms with E-state index in [-0.39, 0.29) is 29.2 Å². The van der Waals surface area contributed by atoms with Crippen molar-refractivity contribution in [3.8, 4) is 5.75 Å². The Kier molecular flexibility index (Phi) is 7.98. The third kappa shape index (κ3) is 5.89. The van der Waals surface area contributed by atoms with Crippen molar-refractivity contribution in [1.82, 2.24) is 20.5 Å². The second-order valence-electron chi connectivity index (χ2n) is 12.6. The number of ether oxygens (including phenoxy) is 2. The molecule has 10 nitrogen and oxygen atoms in total. The average Bonchev–Trinajstić information content (AvgIpc) is 3.61. The Balaban J connectivity index is 1.41. The molecule has 0 radical (unpaired) electrons. The smallest absolute Gasteiger partial charge is 0.328 e. The molecule has 1 aliphatic carbocycles. The van der Waals surface area contributed by atoms with Crippen LogP contribution in [0.1, 0.15) is 75.7 Å². The number of carbonyl (C=O) groups is 4. The maximum atomic E-state index is 14.0. The molecule has 3 heterocycles. The van der Waals surface area contributed by atoms with Crippen LogP contribution in [0.3, 0.4) is 0 Å². The summed E-state index contributed by atoms with van der Waals surface area (Å²) < 4.78 is 10.3. The van der Waals surface area contributed by atoms with E-state index in [0.29, 0.717) is 41.4 Å². The third-order valence-electron chi connectivity index (χ3n) is 9.02. The molecule has 3 aliphatic rings. The van der Waals surface area contributed by atoms with E-state index in [9.17, 15) is 19.2 Å². The Morgan fingerprint density at radius 2 is 1.85 bits per heavy atom. The molecule has 3 N–H and O–H groups in total. The molecule has 11 heteroatoms. The van der Waals surface area contributed by atoms with Gasteiger partial charge in [0, 0.05) is 29.5 Å². The number of hydrogen-bond donors (Lipinski definition) is 3. The number of methoxy groups -OCH3 is 2. The quantitative estimate of drug-likeness (QED) is 0.421. The van der Waals surface area contributed by atoms with Gasteiger partial charge in [0.1, 0.15) is 23.5 Å². The SMILES string of the molecule is COC(=O)[C@H](C[C@@H]1CC(C)(C)NC1=O)NC(=O)[C@@H]1CC2(CCCCC2)CN1C(=O)c1cc2cc(OC)cc(Cl)c2[nH]1. The average molecular weight is 587 g/mol. The van der Waals surface area contributed by atoms with Crippen LogP contribution in [0.5, 0.6) is 5.75 Å². The lowest BCUT2D eigenvalue weighted by molar-refractivity contribution is -0.146. The lowest BCUT2D eigenvalue weighted by atomic mass is 9.72.